The number of amides is 1. The number of likely N-dealkylation sites (tertiary alicyclic amines) is 1. The summed E-state index contributed by atoms with van der Waals surface area (Å²) in [5, 5.41) is 0. The third-order valence-electron chi connectivity index (χ3n) is 4.62. The van der Waals surface area contributed by atoms with Crippen molar-refractivity contribution in [2.75, 3.05) is 45.8 Å². The summed E-state index contributed by atoms with van der Waals surface area (Å²) < 4.78 is 5.41. The lowest BCUT2D eigenvalue weighted by atomic mass is 10.2. The summed E-state index contributed by atoms with van der Waals surface area (Å²) in [4.78, 5) is 23.0. The standard InChI is InChI=1S/C17H33N5O2.HI/c1-5-20-8-6-7-14(20)13-19-15(18)21-9-11-22(12-10-21)16(23)24-17(2,3)4;/h14H,5-13H2,1-4H3,(H2,18,19);1H. The van der Waals surface area contributed by atoms with Gasteiger partial charge in [-0.2, -0.15) is 0 Å². The fourth-order valence-electron chi connectivity index (χ4n) is 3.26. The molecular formula is C17H34IN5O2. The zero-order chi connectivity index (χ0) is 17.7. The summed E-state index contributed by atoms with van der Waals surface area (Å²) in [5.74, 6) is 0.599. The lowest BCUT2D eigenvalue weighted by molar-refractivity contribution is 0.0186. The molecule has 0 spiro atoms. The summed E-state index contributed by atoms with van der Waals surface area (Å²) in [5.41, 5.74) is 5.70. The van der Waals surface area contributed by atoms with Crippen LogP contribution in [0.15, 0.2) is 4.99 Å². The minimum Gasteiger partial charge on any atom is -0.444 e. The number of aliphatic imine (C=N–C) groups is 1. The Morgan fingerprint density at radius 2 is 1.76 bits per heavy atom. The number of likely N-dealkylation sites (N-methyl/N-ethyl adjacent to an activating group) is 1. The maximum atomic E-state index is 12.1. The van der Waals surface area contributed by atoms with Gasteiger partial charge in [0, 0.05) is 32.2 Å². The molecule has 2 rings (SSSR count). The van der Waals surface area contributed by atoms with Gasteiger partial charge in [-0.1, -0.05) is 6.92 Å². The molecular weight excluding hydrogens is 433 g/mol. The Morgan fingerprint density at radius 1 is 1.16 bits per heavy atom. The van der Waals surface area contributed by atoms with Crippen molar-refractivity contribution in [3.8, 4) is 0 Å². The Labute approximate surface area is 169 Å². The zero-order valence-electron chi connectivity index (χ0n) is 16.0. The van der Waals surface area contributed by atoms with Crippen molar-refractivity contribution in [3.05, 3.63) is 0 Å². The summed E-state index contributed by atoms with van der Waals surface area (Å²) >= 11 is 0. The molecule has 25 heavy (non-hydrogen) atoms. The van der Waals surface area contributed by atoms with Crippen LogP contribution in [0.25, 0.3) is 0 Å². The molecule has 1 amide bonds. The van der Waals surface area contributed by atoms with Crippen LogP contribution in [-0.2, 0) is 4.74 Å². The Bertz CT molecular complexity index is 458. The van der Waals surface area contributed by atoms with Gasteiger partial charge in [0.1, 0.15) is 5.60 Å². The second kappa shape index (κ2) is 9.80. The molecule has 1 atom stereocenters. The number of hydrogen-bond acceptors (Lipinski definition) is 4. The molecule has 2 aliphatic rings. The van der Waals surface area contributed by atoms with E-state index in [9.17, 15) is 4.79 Å². The average Bonchev–Trinajstić information content (AvgIpc) is 2.98. The van der Waals surface area contributed by atoms with Crippen LogP contribution >= 0.6 is 24.0 Å². The number of rotatable bonds is 3. The van der Waals surface area contributed by atoms with Crippen molar-refractivity contribution in [1.82, 2.24) is 14.7 Å². The van der Waals surface area contributed by atoms with E-state index in [1.54, 1.807) is 4.90 Å². The minimum atomic E-state index is -0.457. The van der Waals surface area contributed by atoms with Gasteiger partial charge in [-0.3, -0.25) is 9.89 Å². The summed E-state index contributed by atoms with van der Waals surface area (Å²) in [7, 11) is 0. The summed E-state index contributed by atoms with van der Waals surface area (Å²) in [6.07, 6.45) is 2.21. The third-order valence-corrected chi connectivity index (χ3v) is 4.62. The second-order valence-corrected chi connectivity index (χ2v) is 7.58. The van der Waals surface area contributed by atoms with Crippen LogP contribution in [0.3, 0.4) is 0 Å². The molecule has 2 saturated heterocycles. The molecule has 8 heteroatoms. The van der Waals surface area contributed by atoms with E-state index in [0.717, 1.165) is 13.1 Å². The molecule has 0 aliphatic carbocycles. The number of hydrogen-bond donors (Lipinski definition) is 1. The SMILES string of the molecule is CCN1CCCC1CN=C(N)N1CCN(C(=O)OC(C)(C)C)CC1.I. The molecule has 0 bridgehead atoms. The van der Waals surface area contributed by atoms with Gasteiger partial charge >= 0.3 is 6.09 Å². The van der Waals surface area contributed by atoms with Gasteiger partial charge in [-0.05, 0) is 46.7 Å². The zero-order valence-corrected chi connectivity index (χ0v) is 18.4. The first-order valence-electron chi connectivity index (χ1n) is 9.07. The maximum Gasteiger partial charge on any atom is 0.410 e. The van der Waals surface area contributed by atoms with E-state index in [4.69, 9.17) is 10.5 Å². The predicted octanol–water partition coefficient (Wildman–Crippen LogP) is 1.96. The highest BCUT2D eigenvalue weighted by Gasteiger charge is 2.27. The van der Waals surface area contributed by atoms with Crippen LogP contribution < -0.4 is 5.73 Å². The third kappa shape index (κ3) is 6.80. The number of carbonyl (C=O) groups excluding carboxylic acids is 1. The van der Waals surface area contributed by atoms with E-state index in [2.05, 4.69) is 21.7 Å². The van der Waals surface area contributed by atoms with Crippen molar-refractivity contribution < 1.29 is 9.53 Å². The molecule has 7 nitrogen and oxygen atoms in total. The fourth-order valence-corrected chi connectivity index (χ4v) is 3.26. The number of carbonyl (C=O) groups is 1. The number of guanidine groups is 1. The topological polar surface area (TPSA) is 74.4 Å². The maximum absolute atomic E-state index is 12.1. The van der Waals surface area contributed by atoms with E-state index < -0.39 is 5.60 Å². The van der Waals surface area contributed by atoms with E-state index >= 15 is 0 Å². The highest BCUT2D eigenvalue weighted by Crippen LogP contribution is 2.17. The largest absolute Gasteiger partial charge is 0.444 e. The molecule has 0 saturated carbocycles. The molecule has 0 aromatic rings. The van der Waals surface area contributed by atoms with Crippen molar-refractivity contribution in [1.29, 1.82) is 0 Å². The van der Waals surface area contributed by atoms with Crippen molar-refractivity contribution in [3.63, 3.8) is 0 Å². The number of halogens is 1. The Balaban J connectivity index is 0.00000312. The number of ether oxygens (including phenoxy) is 1. The van der Waals surface area contributed by atoms with Gasteiger partial charge in [0.2, 0.25) is 0 Å². The molecule has 0 aromatic heterocycles. The normalized spacial score (nSPS) is 22.7. The van der Waals surface area contributed by atoms with Crippen LogP contribution in [0.1, 0.15) is 40.5 Å². The first kappa shape index (κ1) is 22.3. The van der Waals surface area contributed by atoms with Gasteiger partial charge in [0.15, 0.2) is 5.96 Å². The fraction of sp³-hybridized carbons (Fsp3) is 0.882. The van der Waals surface area contributed by atoms with Crippen LogP contribution in [0.5, 0.6) is 0 Å². The monoisotopic (exact) mass is 467 g/mol. The lowest BCUT2D eigenvalue weighted by Gasteiger charge is -2.36. The van der Waals surface area contributed by atoms with Crippen molar-refractivity contribution in [2.24, 2.45) is 10.7 Å². The molecule has 0 aromatic carbocycles. The highest BCUT2D eigenvalue weighted by molar-refractivity contribution is 14.0. The van der Waals surface area contributed by atoms with Crippen LogP contribution in [-0.4, -0.2) is 84.2 Å². The first-order chi connectivity index (χ1) is 11.3. The van der Waals surface area contributed by atoms with Gasteiger partial charge in [0.05, 0.1) is 6.54 Å². The van der Waals surface area contributed by atoms with Crippen LogP contribution in [0.4, 0.5) is 4.79 Å². The lowest BCUT2D eigenvalue weighted by Crippen LogP contribution is -2.53. The van der Waals surface area contributed by atoms with Crippen molar-refractivity contribution >= 4 is 36.0 Å². The van der Waals surface area contributed by atoms with Crippen LogP contribution in [0, 0.1) is 0 Å². The van der Waals surface area contributed by atoms with Gasteiger partial charge in [0.25, 0.3) is 0 Å². The number of nitrogens with zero attached hydrogens (tertiary/aromatic N) is 4. The molecule has 0 radical (unpaired) electrons. The van der Waals surface area contributed by atoms with Gasteiger partial charge in [-0.25, -0.2) is 4.79 Å². The smallest absolute Gasteiger partial charge is 0.410 e. The summed E-state index contributed by atoms with van der Waals surface area (Å²) in [6.45, 7) is 13.5. The molecule has 2 N–H and O–H groups in total. The first-order valence-corrected chi connectivity index (χ1v) is 9.07. The molecule has 2 fully saturated rings. The Morgan fingerprint density at radius 3 is 2.32 bits per heavy atom. The summed E-state index contributed by atoms with van der Waals surface area (Å²) in [6, 6.07) is 0.525. The number of nitrogens with two attached hydrogens (primary N) is 1. The number of piperazine rings is 1. The van der Waals surface area contributed by atoms with Gasteiger partial charge < -0.3 is 20.3 Å². The van der Waals surface area contributed by atoms with E-state index in [0.29, 0.717) is 38.2 Å². The average molecular weight is 467 g/mol. The second-order valence-electron chi connectivity index (χ2n) is 7.58. The quantitative estimate of drug-likeness (QED) is 0.390. The molecule has 1 unspecified atom stereocenters. The predicted molar refractivity (Wildman–Crippen MR) is 112 cm³/mol. The van der Waals surface area contributed by atoms with E-state index in [1.165, 1.54) is 19.4 Å². The Kier molecular flexibility index (Phi) is 8.73. The van der Waals surface area contributed by atoms with Crippen LogP contribution in [0.2, 0.25) is 0 Å². The minimum absolute atomic E-state index is 0. The molecule has 2 aliphatic heterocycles. The molecule has 146 valence electrons. The highest BCUT2D eigenvalue weighted by atomic mass is 127. The van der Waals surface area contributed by atoms with E-state index in [-0.39, 0.29) is 30.1 Å². The van der Waals surface area contributed by atoms with Gasteiger partial charge in [-0.15, -0.1) is 24.0 Å². The Hall–Kier alpha value is -0.770. The van der Waals surface area contributed by atoms with Crippen molar-refractivity contribution in [2.45, 2.75) is 52.2 Å². The molecule has 2 heterocycles. The van der Waals surface area contributed by atoms with E-state index in [1.807, 2.05) is 20.8 Å².